The zero-order chi connectivity index (χ0) is 54.2. The van der Waals surface area contributed by atoms with Crippen LogP contribution in [0.4, 0.5) is 57.3 Å². The van der Waals surface area contributed by atoms with Gasteiger partial charge in [0, 0.05) is 0 Å². The second-order valence-corrected chi connectivity index (χ2v) is 19.8. The summed E-state index contributed by atoms with van der Waals surface area (Å²) in [6.07, 6.45) is 3.73. The van der Waals surface area contributed by atoms with Gasteiger partial charge in [-0.05, 0) is 106 Å². The largest absolute Gasteiger partial charge is 2.00 e. The second-order valence-electron chi connectivity index (χ2n) is 19.8. The Morgan fingerprint density at radius 1 is 0.380 bits per heavy atom. The zero-order valence-electron chi connectivity index (χ0n) is 45.0. The van der Waals surface area contributed by atoms with E-state index < -0.39 is 14.5 Å². The molecule has 0 saturated carbocycles. The van der Waals surface area contributed by atoms with Gasteiger partial charge in [0.1, 0.15) is 24.3 Å². The Bertz CT molecular complexity index is 2080. The molecule has 396 valence electrons. The van der Waals surface area contributed by atoms with E-state index in [-0.39, 0.29) is 20.4 Å². The molecule has 4 rings (SSSR count). The second kappa shape index (κ2) is 29.8. The van der Waals surface area contributed by atoms with Crippen LogP contribution in [0.15, 0.2) is 82.8 Å². The van der Waals surface area contributed by atoms with Crippen molar-refractivity contribution in [3.8, 4) is 0 Å². The van der Waals surface area contributed by atoms with Crippen LogP contribution in [0.2, 0.25) is 0 Å². The summed E-state index contributed by atoms with van der Waals surface area (Å²) < 4.78 is 78.0. The number of aliphatic imine (C=N–C) groups is 2. The molecule has 0 radical (unpaired) electrons. The van der Waals surface area contributed by atoms with E-state index in [0.717, 1.165) is 22.7 Å². The number of nitrogens with zero attached hydrogens (tertiary/aromatic N) is 4. The van der Waals surface area contributed by atoms with Crippen molar-refractivity contribution in [2.24, 2.45) is 9.98 Å². The van der Waals surface area contributed by atoms with Gasteiger partial charge in [0.25, 0.3) is 0 Å². The third-order valence-electron chi connectivity index (χ3n) is 11.2. The summed E-state index contributed by atoms with van der Waals surface area (Å²) in [6, 6.07) is 25.9. The quantitative estimate of drug-likeness (QED) is 0.0571. The van der Waals surface area contributed by atoms with Crippen molar-refractivity contribution in [3.05, 3.63) is 117 Å². The Morgan fingerprint density at radius 2 is 0.535 bits per heavy atom. The fraction of sp³-hybridized carbons (Fsp3) is 0.481. The topological polar surface area (TPSA) is 78.9 Å². The Balaban J connectivity index is 0.00000114. The maximum absolute atomic E-state index is 9.75. The number of amidine groups is 2. The van der Waals surface area contributed by atoms with Gasteiger partial charge in [-0.25, -0.2) is 9.98 Å². The summed E-state index contributed by atoms with van der Waals surface area (Å²) in [5.41, 5.74) is 14.3. The van der Waals surface area contributed by atoms with Crippen LogP contribution < -0.4 is 9.80 Å². The summed E-state index contributed by atoms with van der Waals surface area (Å²) in [5, 5.41) is 17.1. The number of anilines is 2. The van der Waals surface area contributed by atoms with Gasteiger partial charge in [0.2, 0.25) is 0 Å². The average Bonchev–Trinajstić information content (AvgIpc) is 3.22. The van der Waals surface area contributed by atoms with Crippen molar-refractivity contribution in [3.63, 3.8) is 0 Å². The number of hydrogen-bond donors (Lipinski definition) is 2. The Labute approximate surface area is 434 Å². The van der Waals surface area contributed by atoms with Crippen LogP contribution in [-0.4, -0.2) is 38.9 Å². The molecule has 0 aromatic heterocycles. The summed E-state index contributed by atoms with van der Waals surface area (Å²) in [4.78, 5) is 13.9. The number of hydrogen-bond acceptors (Lipinski definition) is 4. The van der Waals surface area contributed by atoms with Crippen LogP contribution >= 0.6 is 0 Å². The van der Waals surface area contributed by atoms with Crippen molar-refractivity contribution in [1.29, 1.82) is 10.8 Å². The molecule has 0 aliphatic carbocycles. The smallest absolute Gasteiger partial charge is 0.418 e. The van der Waals surface area contributed by atoms with Gasteiger partial charge in [-0.2, -0.15) is 0 Å². The molecule has 4 aromatic rings. The van der Waals surface area contributed by atoms with Gasteiger partial charge in [-0.3, -0.25) is 20.6 Å². The Hall–Kier alpha value is -4.61. The van der Waals surface area contributed by atoms with E-state index >= 15 is 0 Å². The third-order valence-corrected chi connectivity index (χ3v) is 11.2. The summed E-state index contributed by atoms with van der Waals surface area (Å²) >= 11 is 0. The first-order chi connectivity index (χ1) is 32.1. The summed E-state index contributed by atoms with van der Waals surface area (Å²) in [5.74, 6) is 3.96. The van der Waals surface area contributed by atoms with Gasteiger partial charge < -0.3 is 34.5 Å². The Kier molecular flexibility index (Phi) is 27.9. The number of nitrogens with one attached hydrogen (secondary N) is 2. The van der Waals surface area contributed by atoms with Crippen LogP contribution in [0.25, 0.3) is 0 Å². The van der Waals surface area contributed by atoms with E-state index in [1.54, 1.807) is 0 Å². The molecule has 0 heterocycles. The molecule has 0 saturated heterocycles. The third kappa shape index (κ3) is 22.0. The minimum atomic E-state index is -6.00. The van der Waals surface area contributed by atoms with E-state index in [1.807, 2.05) is 36.3 Å². The molecular weight excluding hydrogens is 1010 g/mol. The molecule has 0 bridgehead atoms. The number of halogens is 8. The van der Waals surface area contributed by atoms with Crippen molar-refractivity contribution < 1.29 is 54.9 Å². The molecule has 17 heteroatoms. The molecule has 0 spiro atoms. The van der Waals surface area contributed by atoms with E-state index in [9.17, 15) is 34.5 Å². The van der Waals surface area contributed by atoms with E-state index in [2.05, 4.69) is 184 Å². The van der Waals surface area contributed by atoms with Crippen LogP contribution in [0.1, 0.15) is 216 Å². The molecule has 0 aliphatic rings. The summed E-state index contributed by atoms with van der Waals surface area (Å²) in [7, 11) is -12.0. The van der Waals surface area contributed by atoms with Crippen molar-refractivity contribution >= 4 is 61.6 Å². The molecule has 0 amide bonds. The molecule has 4 aromatic carbocycles. The molecule has 0 unspecified atom stereocenters. The van der Waals surface area contributed by atoms with Crippen molar-refractivity contribution in [1.82, 2.24) is 0 Å². The number of benzene rings is 4. The fourth-order valence-corrected chi connectivity index (χ4v) is 7.76. The van der Waals surface area contributed by atoms with Crippen LogP contribution in [0.3, 0.4) is 0 Å². The van der Waals surface area contributed by atoms with Gasteiger partial charge >= 0.3 is 34.9 Å². The van der Waals surface area contributed by atoms with Gasteiger partial charge in [0.15, 0.2) is 0 Å². The van der Waals surface area contributed by atoms with Gasteiger partial charge in [-0.1, -0.05) is 184 Å². The van der Waals surface area contributed by atoms with E-state index in [0.29, 0.717) is 59.0 Å². The molecule has 0 fully saturated rings. The molecule has 6 nitrogen and oxygen atoms in total. The minimum absolute atomic E-state index is 0. The maximum Gasteiger partial charge on any atom is 2.00 e. The number of para-hydroxylation sites is 4. The van der Waals surface area contributed by atoms with Crippen LogP contribution in [0, 0.1) is 10.8 Å². The van der Waals surface area contributed by atoms with Crippen LogP contribution in [0.5, 0.6) is 0 Å². The SMILES string of the molecule is CC(=N)N(C=Nc1c(C(C)C)cccc1C(C)C)c1c(C(C)C)cccc1C(C)C.CC(=N)N(C=Nc1c(C(C)C)cccc1C(C)C)c1c(C(C)C)cccc1C(C)C.F[B-](F)(F)F.F[B-](F)(F)F.[Pd+2]. The van der Waals surface area contributed by atoms with Crippen molar-refractivity contribution in [2.45, 2.75) is 172 Å². The molecular formula is C54H78B2F8N6Pd. The molecule has 71 heavy (non-hydrogen) atoms. The normalized spacial score (nSPS) is 11.9. The first-order valence-corrected chi connectivity index (χ1v) is 24.1. The fourth-order valence-electron chi connectivity index (χ4n) is 7.76. The van der Waals surface area contributed by atoms with Crippen molar-refractivity contribution in [2.75, 3.05) is 9.80 Å². The molecule has 0 aliphatic heterocycles. The monoisotopic (exact) mass is 1090 g/mol. The summed E-state index contributed by atoms with van der Waals surface area (Å²) in [6.45, 7) is 39.1. The zero-order valence-corrected chi connectivity index (χ0v) is 46.5. The predicted molar refractivity (Wildman–Crippen MR) is 287 cm³/mol. The Morgan fingerprint density at radius 3 is 0.676 bits per heavy atom. The van der Waals surface area contributed by atoms with Gasteiger partial charge in [-0.15, -0.1) is 0 Å². The standard InChI is InChI=1S/2C27H39N3.2BF4.Pd/c2*1-17(2)22-12-10-13-23(18(3)4)26(22)29-16-30(21(9)28)27-24(19(5)6)14-11-15-25(27)20(7)8;2*2-1(3,4)5;/h2*10-20,28H,1-9H3;;;/q;;2*-1;+2. The van der Waals surface area contributed by atoms with E-state index in [1.165, 1.54) is 44.5 Å². The molecule has 0 atom stereocenters. The van der Waals surface area contributed by atoms with Gasteiger partial charge in [0.05, 0.1) is 22.7 Å². The van der Waals surface area contributed by atoms with Crippen LogP contribution in [-0.2, 0) is 20.4 Å². The maximum atomic E-state index is 9.75. The average molecular weight is 1090 g/mol. The number of rotatable bonds is 14. The first-order valence-electron chi connectivity index (χ1n) is 24.1. The first kappa shape index (κ1) is 66.4. The molecule has 2 N–H and O–H groups in total. The minimum Gasteiger partial charge on any atom is -0.418 e. The van der Waals surface area contributed by atoms with E-state index in [4.69, 9.17) is 20.8 Å². The predicted octanol–water partition coefficient (Wildman–Crippen LogP) is 19.3.